The van der Waals surface area contributed by atoms with Crippen LogP contribution in [0.5, 0.6) is 0 Å². The number of carbonyl (C=O) groups excluding carboxylic acids is 1. The van der Waals surface area contributed by atoms with Crippen LogP contribution in [0.25, 0.3) is 0 Å². The molecule has 2 rings (SSSR count). The minimum Gasteiger partial charge on any atom is -0.376 e. The molecule has 5 nitrogen and oxygen atoms in total. The smallest absolute Gasteiger partial charge is 0.319 e. The van der Waals surface area contributed by atoms with Gasteiger partial charge >= 0.3 is 6.03 Å². The van der Waals surface area contributed by atoms with Gasteiger partial charge in [0.2, 0.25) is 0 Å². The van der Waals surface area contributed by atoms with Crippen molar-refractivity contribution in [3.8, 4) is 0 Å². The summed E-state index contributed by atoms with van der Waals surface area (Å²) in [6.07, 6.45) is 5.30. The van der Waals surface area contributed by atoms with Gasteiger partial charge in [0.25, 0.3) is 0 Å². The van der Waals surface area contributed by atoms with E-state index in [2.05, 4.69) is 17.2 Å². The van der Waals surface area contributed by atoms with E-state index in [1.54, 1.807) is 6.08 Å². The zero-order valence-corrected chi connectivity index (χ0v) is 12.8. The van der Waals surface area contributed by atoms with Gasteiger partial charge in [-0.25, -0.2) is 4.79 Å². The molecule has 0 saturated carbocycles. The van der Waals surface area contributed by atoms with Gasteiger partial charge in [-0.1, -0.05) is 18.2 Å². The number of anilines is 1. The molecule has 120 valence electrons. The Hall–Kier alpha value is -1.85. The molecule has 0 unspecified atom stereocenters. The first-order valence-electron chi connectivity index (χ1n) is 7.72. The van der Waals surface area contributed by atoms with Gasteiger partial charge in [0, 0.05) is 18.8 Å². The van der Waals surface area contributed by atoms with Crippen LogP contribution < -0.4 is 10.6 Å². The van der Waals surface area contributed by atoms with Crippen LogP contribution in [0.2, 0.25) is 0 Å². The minimum atomic E-state index is -0.242. The molecule has 1 fully saturated rings. The third-order valence-electron chi connectivity index (χ3n) is 3.44. The summed E-state index contributed by atoms with van der Waals surface area (Å²) >= 11 is 0. The van der Waals surface area contributed by atoms with Crippen molar-refractivity contribution in [1.29, 1.82) is 0 Å². The normalized spacial score (nSPS) is 17.7. The van der Waals surface area contributed by atoms with E-state index in [0.717, 1.165) is 30.7 Å². The predicted octanol–water partition coefficient (Wildman–Crippen LogP) is 3.08. The Labute approximate surface area is 131 Å². The molecule has 0 bridgehead atoms. The van der Waals surface area contributed by atoms with Gasteiger partial charge in [0.05, 0.1) is 19.3 Å². The molecule has 0 aliphatic carbocycles. The Morgan fingerprint density at radius 2 is 2.36 bits per heavy atom. The molecular weight excluding hydrogens is 280 g/mol. The molecule has 0 radical (unpaired) electrons. The lowest BCUT2D eigenvalue weighted by atomic mass is 10.1. The lowest BCUT2D eigenvalue weighted by molar-refractivity contribution is -0.0447. The van der Waals surface area contributed by atoms with E-state index in [1.165, 1.54) is 6.42 Å². The van der Waals surface area contributed by atoms with Crippen molar-refractivity contribution in [2.24, 2.45) is 0 Å². The lowest BCUT2D eigenvalue weighted by Gasteiger charge is -2.22. The number of amides is 2. The minimum absolute atomic E-state index is 0.222. The van der Waals surface area contributed by atoms with Crippen LogP contribution in [-0.4, -0.2) is 31.9 Å². The second-order valence-electron chi connectivity index (χ2n) is 5.33. The molecule has 2 amide bonds. The fraction of sp³-hybridized carbons (Fsp3) is 0.471. The Balaban J connectivity index is 1.75. The van der Waals surface area contributed by atoms with Crippen LogP contribution in [0, 0.1) is 0 Å². The Morgan fingerprint density at radius 1 is 1.45 bits per heavy atom. The van der Waals surface area contributed by atoms with Crippen molar-refractivity contribution in [2.45, 2.75) is 32.0 Å². The molecular formula is C17H24N2O3. The maximum Gasteiger partial charge on any atom is 0.319 e. The average Bonchev–Trinajstić information content (AvgIpc) is 2.54. The first-order chi connectivity index (χ1) is 10.8. The molecule has 5 heteroatoms. The highest BCUT2D eigenvalue weighted by Gasteiger charge is 2.13. The molecule has 22 heavy (non-hydrogen) atoms. The van der Waals surface area contributed by atoms with Crippen molar-refractivity contribution in [3.63, 3.8) is 0 Å². The van der Waals surface area contributed by atoms with E-state index < -0.39 is 0 Å². The van der Waals surface area contributed by atoms with E-state index >= 15 is 0 Å². The number of carbonyl (C=O) groups is 1. The molecule has 1 heterocycles. The predicted molar refractivity (Wildman–Crippen MR) is 86.9 cm³/mol. The van der Waals surface area contributed by atoms with Gasteiger partial charge in [0.1, 0.15) is 0 Å². The molecule has 0 aromatic heterocycles. The molecule has 2 N–H and O–H groups in total. The summed E-state index contributed by atoms with van der Waals surface area (Å²) in [6, 6.07) is 7.40. The Bertz CT molecular complexity index is 485. The average molecular weight is 304 g/mol. The summed E-state index contributed by atoms with van der Waals surface area (Å²) in [4.78, 5) is 11.6. The number of benzene rings is 1. The zero-order valence-electron chi connectivity index (χ0n) is 12.8. The summed E-state index contributed by atoms with van der Waals surface area (Å²) < 4.78 is 11.3. The first-order valence-corrected chi connectivity index (χ1v) is 7.72. The van der Waals surface area contributed by atoms with E-state index in [0.29, 0.717) is 19.8 Å². The SMILES string of the molecule is C=CCNC(=O)Nc1cccc(COC[C@H]2CCCCO2)c1. The Kier molecular flexibility index (Phi) is 6.93. The van der Waals surface area contributed by atoms with Crippen molar-refractivity contribution >= 4 is 11.7 Å². The van der Waals surface area contributed by atoms with Crippen molar-refractivity contribution in [1.82, 2.24) is 5.32 Å². The van der Waals surface area contributed by atoms with Crippen LogP contribution in [0.3, 0.4) is 0 Å². The van der Waals surface area contributed by atoms with Gasteiger partial charge in [-0.15, -0.1) is 6.58 Å². The van der Waals surface area contributed by atoms with Crippen LogP contribution in [0.4, 0.5) is 10.5 Å². The number of nitrogens with one attached hydrogen (secondary N) is 2. The second kappa shape index (κ2) is 9.23. The summed E-state index contributed by atoms with van der Waals surface area (Å²) in [5.74, 6) is 0. The molecule has 1 aromatic carbocycles. The maximum atomic E-state index is 11.6. The topological polar surface area (TPSA) is 59.6 Å². The fourth-order valence-electron chi connectivity index (χ4n) is 2.33. The number of hydrogen-bond donors (Lipinski definition) is 2. The van der Waals surface area contributed by atoms with Crippen LogP contribution in [-0.2, 0) is 16.1 Å². The third kappa shape index (κ3) is 5.87. The molecule has 1 aliphatic heterocycles. The van der Waals surface area contributed by atoms with Gasteiger partial charge in [-0.05, 0) is 37.0 Å². The fourth-order valence-corrected chi connectivity index (χ4v) is 2.33. The molecule has 1 aromatic rings. The molecule has 0 spiro atoms. The quantitative estimate of drug-likeness (QED) is 0.761. The molecule has 1 saturated heterocycles. The first kappa shape index (κ1) is 16.5. The summed E-state index contributed by atoms with van der Waals surface area (Å²) in [5, 5.41) is 5.45. The van der Waals surface area contributed by atoms with Gasteiger partial charge in [-0.2, -0.15) is 0 Å². The van der Waals surface area contributed by atoms with Crippen molar-refractivity contribution in [2.75, 3.05) is 25.1 Å². The third-order valence-corrected chi connectivity index (χ3v) is 3.44. The van der Waals surface area contributed by atoms with Crippen LogP contribution >= 0.6 is 0 Å². The van der Waals surface area contributed by atoms with Gasteiger partial charge < -0.3 is 20.1 Å². The summed E-state index contributed by atoms with van der Waals surface area (Å²) in [5.41, 5.74) is 1.77. The number of urea groups is 1. The summed E-state index contributed by atoms with van der Waals surface area (Å²) in [7, 11) is 0. The highest BCUT2D eigenvalue weighted by molar-refractivity contribution is 5.89. The molecule has 1 atom stereocenters. The number of hydrogen-bond acceptors (Lipinski definition) is 3. The van der Waals surface area contributed by atoms with Crippen LogP contribution in [0.1, 0.15) is 24.8 Å². The highest BCUT2D eigenvalue weighted by Crippen LogP contribution is 2.15. The molecule has 1 aliphatic rings. The van der Waals surface area contributed by atoms with Crippen molar-refractivity contribution < 1.29 is 14.3 Å². The second-order valence-corrected chi connectivity index (χ2v) is 5.33. The number of rotatable bonds is 7. The summed E-state index contributed by atoms with van der Waals surface area (Å²) in [6.45, 7) is 5.98. The zero-order chi connectivity index (χ0) is 15.6. The van der Waals surface area contributed by atoms with E-state index in [1.807, 2.05) is 24.3 Å². The van der Waals surface area contributed by atoms with Gasteiger partial charge in [0.15, 0.2) is 0 Å². The largest absolute Gasteiger partial charge is 0.376 e. The lowest BCUT2D eigenvalue weighted by Crippen LogP contribution is -2.28. The van der Waals surface area contributed by atoms with E-state index in [4.69, 9.17) is 9.47 Å². The maximum absolute atomic E-state index is 11.6. The van der Waals surface area contributed by atoms with Crippen LogP contribution in [0.15, 0.2) is 36.9 Å². The Morgan fingerprint density at radius 3 is 3.14 bits per heavy atom. The van der Waals surface area contributed by atoms with Gasteiger partial charge in [-0.3, -0.25) is 0 Å². The highest BCUT2D eigenvalue weighted by atomic mass is 16.5. The number of ether oxygens (including phenoxy) is 2. The standard InChI is InChI=1S/C17H24N2O3/c1-2-9-18-17(20)19-15-7-5-6-14(11-15)12-21-13-16-8-3-4-10-22-16/h2,5-7,11,16H,1,3-4,8-10,12-13H2,(H2,18,19,20)/t16-/m1/s1. The monoisotopic (exact) mass is 304 g/mol. The van der Waals surface area contributed by atoms with E-state index in [-0.39, 0.29) is 12.1 Å². The van der Waals surface area contributed by atoms with E-state index in [9.17, 15) is 4.79 Å². The van der Waals surface area contributed by atoms with Crippen molar-refractivity contribution in [3.05, 3.63) is 42.5 Å².